The van der Waals surface area contributed by atoms with Crippen molar-refractivity contribution in [2.24, 2.45) is 45.3 Å². The third-order valence-electron chi connectivity index (χ3n) is 12.7. The number of carboxylic acid groups (broad SMARTS) is 1. The monoisotopic (exact) mass is 1130 g/mol. The molecule has 0 aromatic rings. The molecule has 0 saturated carbocycles. The van der Waals surface area contributed by atoms with Gasteiger partial charge in [0.1, 0.15) is 60.4 Å². The largest absolute Gasteiger partial charge is 0.480 e. The molecule has 1 aliphatic rings. The van der Waals surface area contributed by atoms with E-state index in [1.807, 2.05) is 0 Å². The van der Waals surface area contributed by atoms with Gasteiger partial charge in [-0.05, 0) is 122 Å². The smallest absolute Gasteiger partial charge is 0.326 e. The number of hydrogen-bond acceptors (Lipinski definition) is 19. The summed E-state index contributed by atoms with van der Waals surface area (Å²) < 4.78 is 0. The molecule has 1 rings (SSSR count). The van der Waals surface area contributed by atoms with E-state index in [0.717, 1.165) is 4.90 Å². The number of aliphatic imine (C=N–C) groups is 1. The first-order valence-corrected chi connectivity index (χ1v) is 26.8. The van der Waals surface area contributed by atoms with E-state index in [2.05, 4.69) is 47.5 Å². The number of carbonyl (C=O) groups excluding carboxylic acids is 9. The Bertz CT molecular complexity index is 2000. The second-order valence-corrected chi connectivity index (χ2v) is 19.8. The highest BCUT2D eigenvalue weighted by molar-refractivity contribution is 5.98. The average Bonchev–Trinajstić information content (AvgIpc) is 3.91. The Morgan fingerprint density at radius 3 is 1.33 bits per heavy atom. The fourth-order valence-electron chi connectivity index (χ4n) is 8.27. The van der Waals surface area contributed by atoms with Crippen LogP contribution in [0.25, 0.3) is 0 Å². The summed E-state index contributed by atoms with van der Waals surface area (Å²) >= 11 is 0. The molecular weight excluding hydrogens is 1040 g/mol. The number of hydrogen-bond donors (Lipinski definition) is 19. The zero-order valence-corrected chi connectivity index (χ0v) is 45.7. The normalized spacial score (nSPS) is 17.0. The maximum absolute atomic E-state index is 14.3. The molecule has 0 spiro atoms. The number of nitrogens with two attached hydrogens (primary N) is 6. The van der Waals surface area contributed by atoms with Gasteiger partial charge in [0.15, 0.2) is 5.96 Å². The highest BCUT2D eigenvalue weighted by atomic mass is 16.4. The molecular formula is C48H90N16O15. The molecule has 11 atom stereocenters. The van der Waals surface area contributed by atoms with Gasteiger partial charge in [-0.2, -0.15) is 0 Å². The molecule has 0 aromatic heterocycles. The second kappa shape index (κ2) is 38.3. The van der Waals surface area contributed by atoms with Gasteiger partial charge in [-0.25, -0.2) is 4.79 Å². The quantitative estimate of drug-likeness (QED) is 0.0154. The molecule has 25 N–H and O–H groups in total. The molecule has 79 heavy (non-hydrogen) atoms. The summed E-state index contributed by atoms with van der Waals surface area (Å²) in [6.07, 6.45) is 0.969. The van der Waals surface area contributed by atoms with Gasteiger partial charge < -0.3 is 107 Å². The van der Waals surface area contributed by atoms with Crippen molar-refractivity contribution in [1.82, 2.24) is 47.4 Å². The van der Waals surface area contributed by atoms with Gasteiger partial charge in [-0.15, -0.1) is 0 Å². The second-order valence-electron chi connectivity index (χ2n) is 19.8. The number of unbranched alkanes of at least 4 members (excludes halogenated alkanes) is 3. The molecule has 1 aliphatic heterocycles. The first-order chi connectivity index (χ1) is 37.4. The summed E-state index contributed by atoms with van der Waals surface area (Å²) in [7, 11) is 0. The molecule has 9 amide bonds. The van der Waals surface area contributed by atoms with Crippen molar-refractivity contribution in [3.63, 3.8) is 0 Å². The molecule has 1 heterocycles. The number of nitrogens with one attached hydrogen (secondary N) is 8. The predicted octanol–water partition coefficient (Wildman–Crippen LogP) is -7.89. The van der Waals surface area contributed by atoms with Crippen LogP contribution >= 0.6 is 0 Å². The van der Waals surface area contributed by atoms with Crippen LogP contribution in [0.3, 0.4) is 0 Å². The maximum Gasteiger partial charge on any atom is 0.326 e. The highest BCUT2D eigenvalue weighted by Gasteiger charge is 2.39. The first kappa shape index (κ1) is 70.7. The van der Waals surface area contributed by atoms with Crippen molar-refractivity contribution >= 4 is 65.1 Å². The first-order valence-electron chi connectivity index (χ1n) is 26.8. The third-order valence-corrected chi connectivity index (χ3v) is 12.7. The summed E-state index contributed by atoms with van der Waals surface area (Å²) in [5.74, 6) is -10.1. The zero-order valence-electron chi connectivity index (χ0n) is 45.7. The molecule has 31 nitrogen and oxygen atoms in total. The molecule has 0 aromatic carbocycles. The van der Waals surface area contributed by atoms with Crippen LogP contribution in [0.1, 0.15) is 111 Å². The lowest BCUT2D eigenvalue weighted by Gasteiger charge is -2.29. The van der Waals surface area contributed by atoms with Crippen molar-refractivity contribution in [3.05, 3.63) is 0 Å². The highest BCUT2D eigenvalue weighted by Crippen LogP contribution is 2.19. The fraction of sp³-hybridized carbons (Fsp3) is 0.771. The average molecular weight is 1130 g/mol. The third kappa shape index (κ3) is 26.0. The number of amides is 9. The molecule has 0 aliphatic carbocycles. The number of likely N-dealkylation sites (tertiary alicyclic amines) is 1. The summed E-state index contributed by atoms with van der Waals surface area (Å²) in [4.78, 5) is 140. The maximum atomic E-state index is 14.3. The van der Waals surface area contributed by atoms with Crippen LogP contribution in [-0.4, -0.2) is 215 Å². The number of aliphatic hydroxyl groups is 4. The van der Waals surface area contributed by atoms with Crippen LogP contribution in [-0.2, 0) is 47.9 Å². The van der Waals surface area contributed by atoms with Gasteiger partial charge in [0, 0.05) is 13.1 Å². The molecule has 452 valence electrons. The van der Waals surface area contributed by atoms with E-state index in [-0.39, 0.29) is 96.0 Å². The van der Waals surface area contributed by atoms with E-state index in [4.69, 9.17) is 34.4 Å². The Hall–Kier alpha value is -6.35. The van der Waals surface area contributed by atoms with Gasteiger partial charge in [-0.3, -0.25) is 48.1 Å². The van der Waals surface area contributed by atoms with Gasteiger partial charge >= 0.3 is 5.97 Å². The van der Waals surface area contributed by atoms with E-state index < -0.39 is 145 Å². The standard InChI is InChI=1S/C48H90N16O15/c1-26(2)22-33(43(74)57-30(13-5-8-18-50)41(72)62-35(25-67)46(77)64-21-11-16-36(64)47(78)79)60-40(71)29(12-4-7-17-49)56-39(70)31(14-6-9-19-51)59-45(76)37(27(3)68)63-42(73)32(15-10-20-55-48(53)54)58-44(75)34(24-66)61-38(69)28(52)23-65/h26-37,65-68H,4-25,49-52H2,1-3H3,(H,56,70)(H,57,74)(H,58,75)(H,59,76)(H,60,71)(H,61,69)(H,62,72)(H,63,73)(H,78,79)(H4,53,54,55)/t27-,28+,29+,30+,31+,32+,33+,34+,35+,36+,37+/m1/s1. The lowest BCUT2D eigenvalue weighted by molar-refractivity contribution is -0.150. The summed E-state index contributed by atoms with van der Waals surface area (Å²) in [5.41, 5.74) is 33.5. The van der Waals surface area contributed by atoms with Crippen LogP contribution in [0.4, 0.5) is 0 Å². The summed E-state index contributed by atoms with van der Waals surface area (Å²) in [6.45, 7) is 2.84. The van der Waals surface area contributed by atoms with Crippen LogP contribution < -0.4 is 76.9 Å². The Morgan fingerprint density at radius 1 is 0.532 bits per heavy atom. The van der Waals surface area contributed by atoms with E-state index in [1.54, 1.807) is 13.8 Å². The molecule has 0 bridgehead atoms. The Balaban J connectivity index is 3.51. The Labute approximate surface area is 460 Å². The summed E-state index contributed by atoms with van der Waals surface area (Å²) in [5, 5.41) is 69.6. The van der Waals surface area contributed by atoms with Crippen LogP contribution in [0.2, 0.25) is 0 Å². The molecule has 31 heteroatoms. The topological polar surface area (TPSA) is 540 Å². The van der Waals surface area contributed by atoms with Crippen molar-refractivity contribution < 1.29 is 73.5 Å². The summed E-state index contributed by atoms with van der Waals surface area (Å²) in [6, 6.07) is -14.5. The minimum atomic E-state index is -1.78. The molecule has 1 saturated heterocycles. The number of guanidine groups is 1. The van der Waals surface area contributed by atoms with Crippen molar-refractivity contribution in [2.75, 3.05) is 52.5 Å². The van der Waals surface area contributed by atoms with Gasteiger partial charge in [0.05, 0.1) is 25.9 Å². The number of aliphatic carboxylic acids is 1. The molecule has 1 fully saturated rings. The Morgan fingerprint density at radius 2 is 0.924 bits per heavy atom. The molecule has 0 radical (unpaired) electrons. The number of carboxylic acids is 1. The van der Waals surface area contributed by atoms with Gasteiger partial charge in [0.25, 0.3) is 0 Å². The SMILES string of the molecule is CC(C)C[C@H](NC(=O)[C@H](CCCCN)NC(=O)[C@H](CCCCN)NC(=O)[C@@H](NC(=O)[C@H](CCCN=C(N)N)NC(=O)[C@H](CO)NC(=O)[C@@H](N)CO)[C@@H](C)O)C(=O)N[C@@H](CCCCN)C(=O)N[C@@H](CO)C(=O)N1CCC[C@H]1C(=O)O. The van der Waals surface area contributed by atoms with E-state index in [0.29, 0.717) is 38.5 Å². The number of carbonyl (C=O) groups is 10. The van der Waals surface area contributed by atoms with Gasteiger partial charge in [0.2, 0.25) is 53.2 Å². The molecule has 0 unspecified atom stereocenters. The van der Waals surface area contributed by atoms with E-state index in [1.165, 1.54) is 6.92 Å². The van der Waals surface area contributed by atoms with Crippen molar-refractivity contribution in [1.29, 1.82) is 0 Å². The number of aliphatic hydroxyl groups excluding tert-OH is 4. The van der Waals surface area contributed by atoms with Crippen LogP contribution in [0.5, 0.6) is 0 Å². The number of rotatable bonds is 40. The lowest BCUT2D eigenvalue weighted by Crippen LogP contribution is -2.62. The van der Waals surface area contributed by atoms with E-state index >= 15 is 0 Å². The zero-order chi connectivity index (χ0) is 59.8. The Kier molecular flexibility index (Phi) is 34.2. The van der Waals surface area contributed by atoms with Crippen LogP contribution in [0.15, 0.2) is 4.99 Å². The van der Waals surface area contributed by atoms with Crippen molar-refractivity contribution in [3.8, 4) is 0 Å². The lowest BCUT2D eigenvalue weighted by atomic mass is 10.00. The fourth-order valence-corrected chi connectivity index (χ4v) is 8.27. The van der Waals surface area contributed by atoms with Crippen LogP contribution in [0, 0.1) is 5.92 Å². The minimum Gasteiger partial charge on any atom is -0.480 e. The minimum absolute atomic E-state index is 0.00753. The number of nitrogens with zero attached hydrogens (tertiary/aromatic N) is 2. The van der Waals surface area contributed by atoms with Crippen molar-refractivity contribution in [2.45, 2.75) is 177 Å². The van der Waals surface area contributed by atoms with Gasteiger partial charge in [-0.1, -0.05) is 13.8 Å². The van der Waals surface area contributed by atoms with E-state index in [9.17, 15) is 73.5 Å². The predicted molar refractivity (Wildman–Crippen MR) is 287 cm³/mol.